The minimum atomic E-state index is -0.405. The predicted molar refractivity (Wildman–Crippen MR) is 118 cm³/mol. The molecule has 0 saturated carbocycles. The normalized spacial score (nSPS) is 18.1. The molecule has 7 heteroatoms. The van der Waals surface area contributed by atoms with Crippen LogP contribution in [-0.2, 0) is 4.79 Å². The molecule has 1 aliphatic heterocycles. The Bertz CT molecular complexity index is 943. The van der Waals surface area contributed by atoms with Gasteiger partial charge in [0.1, 0.15) is 5.75 Å². The molecule has 0 aliphatic carbocycles. The molecular weight excluding hydrogens is 396 g/mol. The van der Waals surface area contributed by atoms with Gasteiger partial charge < -0.3 is 24.4 Å². The number of nitrogens with zero attached hydrogens (tertiary/aromatic N) is 1. The minimum Gasteiger partial charge on any atom is -0.497 e. The molecule has 7 nitrogen and oxygen atoms in total. The molecule has 0 bridgehead atoms. The van der Waals surface area contributed by atoms with Crippen LogP contribution in [0.25, 0.3) is 0 Å². The lowest BCUT2D eigenvalue weighted by atomic mass is 9.87. The van der Waals surface area contributed by atoms with E-state index < -0.39 is 5.92 Å². The summed E-state index contributed by atoms with van der Waals surface area (Å²) in [4.78, 5) is 28.0. The van der Waals surface area contributed by atoms with Gasteiger partial charge in [-0.15, -0.1) is 0 Å². The second-order valence-corrected chi connectivity index (χ2v) is 7.90. The van der Waals surface area contributed by atoms with E-state index in [0.717, 1.165) is 5.56 Å². The molecular formula is C24H30N2O5. The Morgan fingerprint density at radius 1 is 1.00 bits per heavy atom. The van der Waals surface area contributed by atoms with Crippen LogP contribution >= 0.6 is 0 Å². The van der Waals surface area contributed by atoms with Crippen molar-refractivity contribution in [2.75, 3.05) is 34.4 Å². The van der Waals surface area contributed by atoms with E-state index in [4.69, 9.17) is 14.2 Å². The molecule has 2 unspecified atom stereocenters. The van der Waals surface area contributed by atoms with E-state index in [0.29, 0.717) is 35.9 Å². The summed E-state index contributed by atoms with van der Waals surface area (Å²) in [7, 11) is 4.73. The number of benzene rings is 2. The van der Waals surface area contributed by atoms with Gasteiger partial charge in [-0.25, -0.2) is 0 Å². The smallest absolute Gasteiger partial charge is 0.254 e. The maximum Gasteiger partial charge on any atom is 0.254 e. The van der Waals surface area contributed by atoms with Gasteiger partial charge >= 0.3 is 0 Å². The summed E-state index contributed by atoms with van der Waals surface area (Å²) < 4.78 is 16.3. The molecule has 1 heterocycles. The molecule has 1 aliphatic rings. The third kappa shape index (κ3) is 4.76. The predicted octanol–water partition coefficient (Wildman–Crippen LogP) is 3.09. The summed E-state index contributed by atoms with van der Waals surface area (Å²) in [5.41, 5.74) is 1.38. The van der Waals surface area contributed by atoms with E-state index in [1.165, 1.54) is 0 Å². The van der Waals surface area contributed by atoms with E-state index >= 15 is 0 Å². The van der Waals surface area contributed by atoms with Gasteiger partial charge in [0.05, 0.1) is 27.2 Å². The Kier molecular flexibility index (Phi) is 7.05. The molecule has 166 valence electrons. The molecule has 0 radical (unpaired) electrons. The van der Waals surface area contributed by atoms with E-state index in [2.05, 4.69) is 5.32 Å². The zero-order valence-electron chi connectivity index (χ0n) is 18.7. The average Bonchev–Trinajstić information content (AvgIpc) is 3.23. The lowest BCUT2D eigenvalue weighted by molar-refractivity contribution is -0.125. The van der Waals surface area contributed by atoms with E-state index in [1.807, 2.05) is 32.0 Å². The third-order valence-electron chi connectivity index (χ3n) is 5.52. The van der Waals surface area contributed by atoms with Crippen molar-refractivity contribution in [3.8, 4) is 17.2 Å². The first-order valence-electron chi connectivity index (χ1n) is 10.3. The van der Waals surface area contributed by atoms with Crippen molar-refractivity contribution >= 4 is 11.8 Å². The zero-order valence-corrected chi connectivity index (χ0v) is 18.7. The number of carbonyl (C=O) groups is 2. The van der Waals surface area contributed by atoms with Gasteiger partial charge in [0.25, 0.3) is 5.91 Å². The molecule has 1 N–H and O–H groups in total. The van der Waals surface area contributed by atoms with Crippen LogP contribution < -0.4 is 19.5 Å². The van der Waals surface area contributed by atoms with Crippen LogP contribution in [0.5, 0.6) is 17.2 Å². The van der Waals surface area contributed by atoms with Crippen LogP contribution in [0, 0.1) is 5.92 Å². The Balaban J connectivity index is 1.97. The van der Waals surface area contributed by atoms with Crippen molar-refractivity contribution in [1.82, 2.24) is 10.2 Å². The number of ether oxygens (including phenoxy) is 3. The highest BCUT2D eigenvalue weighted by Gasteiger charge is 2.42. The summed E-state index contributed by atoms with van der Waals surface area (Å²) in [6, 6.07) is 12.7. The largest absolute Gasteiger partial charge is 0.497 e. The maximum atomic E-state index is 13.2. The first kappa shape index (κ1) is 22.5. The first-order valence-corrected chi connectivity index (χ1v) is 10.3. The molecule has 0 aromatic heterocycles. The summed E-state index contributed by atoms with van der Waals surface area (Å²) >= 11 is 0. The van der Waals surface area contributed by atoms with Gasteiger partial charge in [-0.05, 0) is 38.1 Å². The van der Waals surface area contributed by atoms with Gasteiger partial charge in [-0.3, -0.25) is 9.59 Å². The van der Waals surface area contributed by atoms with E-state index in [-0.39, 0.29) is 23.8 Å². The number of hydrogen-bond acceptors (Lipinski definition) is 5. The SMILES string of the molecule is COc1cccc(C(=O)N2CC(C(=O)NC(C)C)C(c3cccc(OC)c3OC)C2)c1. The highest BCUT2D eigenvalue weighted by atomic mass is 16.5. The van der Waals surface area contributed by atoms with Crippen molar-refractivity contribution in [2.24, 2.45) is 5.92 Å². The van der Waals surface area contributed by atoms with Gasteiger partial charge in [-0.2, -0.15) is 0 Å². The Morgan fingerprint density at radius 2 is 1.74 bits per heavy atom. The van der Waals surface area contributed by atoms with Gasteiger partial charge in [0.2, 0.25) is 5.91 Å². The lowest BCUT2D eigenvalue weighted by Gasteiger charge is -2.22. The summed E-state index contributed by atoms with van der Waals surface area (Å²) in [5, 5.41) is 3.00. The summed E-state index contributed by atoms with van der Waals surface area (Å²) in [6.45, 7) is 4.57. The Labute approximate surface area is 183 Å². The van der Waals surface area contributed by atoms with Crippen LogP contribution in [0.3, 0.4) is 0 Å². The molecule has 2 atom stereocenters. The summed E-state index contributed by atoms with van der Waals surface area (Å²) in [5.74, 6) is 0.964. The fourth-order valence-corrected chi connectivity index (χ4v) is 4.08. The number of methoxy groups -OCH3 is 3. The van der Waals surface area contributed by atoms with Gasteiger partial charge in [0.15, 0.2) is 11.5 Å². The zero-order chi connectivity index (χ0) is 22.5. The monoisotopic (exact) mass is 426 g/mol. The van der Waals surface area contributed by atoms with Crippen LogP contribution in [0.4, 0.5) is 0 Å². The van der Waals surface area contributed by atoms with Crippen LogP contribution in [0.2, 0.25) is 0 Å². The molecule has 2 aromatic rings. The average molecular weight is 427 g/mol. The van der Waals surface area contributed by atoms with Gasteiger partial charge in [0, 0.05) is 36.2 Å². The quantitative estimate of drug-likeness (QED) is 0.736. The highest BCUT2D eigenvalue weighted by Crippen LogP contribution is 2.42. The van der Waals surface area contributed by atoms with Crippen LogP contribution in [-0.4, -0.2) is 57.2 Å². The van der Waals surface area contributed by atoms with Crippen molar-refractivity contribution in [1.29, 1.82) is 0 Å². The number of amides is 2. The van der Waals surface area contributed by atoms with Crippen molar-refractivity contribution in [3.05, 3.63) is 53.6 Å². The molecule has 2 aromatic carbocycles. The number of hydrogen-bond donors (Lipinski definition) is 1. The topological polar surface area (TPSA) is 77.1 Å². The van der Waals surface area contributed by atoms with Crippen molar-refractivity contribution in [3.63, 3.8) is 0 Å². The molecule has 1 fully saturated rings. The van der Waals surface area contributed by atoms with E-state index in [9.17, 15) is 9.59 Å². The van der Waals surface area contributed by atoms with Crippen molar-refractivity contribution in [2.45, 2.75) is 25.8 Å². The second-order valence-electron chi connectivity index (χ2n) is 7.90. The van der Waals surface area contributed by atoms with Crippen molar-refractivity contribution < 1.29 is 23.8 Å². The molecule has 1 saturated heterocycles. The van der Waals surface area contributed by atoms with E-state index in [1.54, 1.807) is 50.5 Å². The number of nitrogens with one attached hydrogen (secondary N) is 1. The molecule has 3 rings (SSSR count). The van der Waals surface area contributed by atoms with Crippen LogP contribution in [0.1, 0.15) is 35.7 Å². The van der Waals surface area contributed by atoms with Crippen LogP contribution in [0.15, 0.2) is 42.5 Å². The highest BCUT2D eigenvalue weighted by molar-refractivity contribution is 5.95. The molecule has 31 heavy (non-hydrogen) atoms. The number of carbonyl (C=O) groups excluding carboxylic acids is 2. The molecule has 0 spiro atoms. The minimum absolute atomic E-state index is 0.00323. The standard InChI is InChI=1S/C24H30N2O5/c1-15(2)25-23(27)20-14-26(24(28)16-8-6-9-17(12-16)29-3)13-19(20)18-10-7-11-21(30-4)22(18)31-5/h6-12,15,19-20H,13-14H2,1-5H3,(H,25,27). The molecule has 2 amide bonds. The number of likely N-dealkylation sites (tertiary alicyclic amines) is 1. The number of para-hydroxylation sites is 1. The number of rotatable bonds is 7. The Hall–Kier alpha value is -3.22. The fourth-order valence-electron chi connectivity index (χ4n) is 4.08. The summed E-state index contributed by atoms with van der Waals surface area (Å²) in [6.07, 6.45) is 0. The first-order chi connectivity index (χ1) is 14.9. The third-order valence-corrected chi connectivity index (χ3v) is 5.52. The van der Waals surface area contributed by atoms with Gasteiger partial charge in [-0.1, -0.05) is 18.2 Å². The lowest BCUT2D eigenvalue weighted by Crippen LogP contribution is -2.39. The second kappa shape index (κ2) is 9.73. The Morgan fingerprint density at radius 3 is 2.39 bits per heavy atom. The maximum absolute atomic E-state index is 13.2. The fraction of sp³-hybridized carbons (Fsp3) is 0.417.